The molecule has 104 valence electrons. The Labute approximate surface area is 119 Å². The zero-order valence-electron chi connectivity index (χ0n) is 12.5. The van der Waals surface area contributed by atoms with Gasteiger partial charge in [0.2, 0.25) is 0 Å². The standard InChI is InChI=1S/C17H20N2O/c1-11-6-7-16(8-12(11)2)14(4)10-19-17(20)15(5)13(3)9-18-19/h6-9H,4,10H2,1-3,5H3. The number of aromatic nitrogens is 2. The summed E-state index contributed by atoms with van der Waals surface area (Å²) < 4.78 is 1.47. The Kier molecular flexibility index (Phi) is 3.89. The molecule has 0 aliphatic rings. The summed E-state index contributed by atoms with van der Waals surface area (Å²) in [5, 5.41) is 4.19. The number of hydrogen-bond acceptors (Lipinski definition) is 2. The molecule has 0 radical (unpaired) electrons. The van der Waals surface area contributed by atoms with Crippen LogP contribution >= 0.6 is 0 Å². The topological polar surface area (TPSA) is 34.9 Å². The van der Waals surface area contributed by atoms with Crippen LogP contribution in [0.25, 0.3) is 5.57 Å². The predicted molar refractivity (Wildman–Crippen MR) is 82.9 cm³/mol. The Morgan fingerprint density at radius 3 is 2.50 bits per heavy atom. The second-order valence-corrected chi connectivity index (χ2v) is 5.32. The largest absolute Gasteiger partial charge is 0.270 e. The van der Waals surface area contributed by atoms with Gasteiger partial charge in [-0.3, -0.25) is 4.79 Å². The summed E-state index contributed by atoms with van der Waals surface area (Å²) >= 11 is 0. The number of hydrogen-bond donors (Lipinski definition) is 0. The van der Waals surface area contributed by atoms with E-state index in [0.29, 0.717) is 6.54 Å². The van der Waals surface area contributed by atoms with Gasteiger partial charge in [-0.1, -0.05) is 24.8 Å². The fourth-order valence-electron chi connectivity index (χ4n) is 2.01. The Hall–Kier alpha value is -2.16. The Morgan fingerprint density at radius 2 is 1.85 bits per heavy atom. The van der Waals surface area contributed by atoms with Gasteiger partial charge in [-0.15, -0.1) is 0 Å². The molecular weight excluding hydrogens is 248 g/mol. The summed E-state index contributed by atoms with van der Waals surface area (Å²) in [6.07, 6.45) is 1.73. The number of allylic oxidation sites excluding steroid dienone is 1. The van der Waals surface area contributed by atoms with Crippen molar-refractivity contribution in [2.75, 3.05) is 0 Å². The van der Waals surface area contributed by atoms with Gasteiger partial charge in [0.1, 0.15) is 0 Å². The molecule has 0 aliphatic carbocycles. The van der Waals surface area contributed by atoms with E-state index in [1.807, 2.05) is 19.9 Å². The van der Waals surface area contributed by atoms with Crippen molar-refractivity contribution >= 4 is 5.57 Å². The van der Waals surface area contributed by atoms with Crippen LogP contribution < -0.4 is 5.56 Å². The van der Waals surface area contributed by atoms with E-state index in [-0.39, 0.29) is 5.56 Å². The highest BCUT2D eigenvalue weighted by atomic mass is 16.1. The van der Waals surface area contributed by atoms with Gasteiger partial charge in [0.25, 0.3) is 5.56 Å². The maximum Gasteiger partial charge on any atom is 0.270 e. The fourth-order valence-corrected chi connectivity index (χ4v) is 2.01. The second kappa shape index (κ2) is 5.45. The highest BCUT2D eigenvalue weighted by Crippen LogP contribution is 2.17. The van der Waals surface area contributed by atoms with E-state index in [1.54, 1.807) is 6.20 Å². The van der Waals surface area contributed by atoms with Gasteiger partial charge >= 0.3 is 0 Å². The summed E-state index contributed by atoms with van der Waals surface area (Å²) in [6.45, 7) is 12.4. The van der Waals surface area contributed by atoms with Crippen LogP contribution in [0, 0.1) is 27.7 Å². The Morgan fingerprint density at radius 1 is 1.15 bits per heavy atom. The molecular formula is C17H20N2O. The summed E-state index contributed by atoms with van der Waals surface area (Å²) in [5.41, 5.74) is 6.05. The van der Waals surface area contributed by atoms with Gasteiger partial charge in [-0.05, 0) is 55.5 Å². The lowest BCUT2D eigenvalue weighted by Crippen LogP contribution is -2.26. The molecule has 0 aliphatic heterocycles. The summed E-state index contributed by atoms with van der Waals surface area (Å²) in [6, 6.07) is 6.22. The average molecular weight is 268 g/mol. The van der Waals surface area contributed by atoms with E-state index < -0.39 is 0 Å². The fraction of sp³-hybridized carbons (Fsp3) is 0.294. The molecule has 3 heteroatoms. The van der Waals surface area contributed by atoms with Gasteiger partial charge in [0.05, 0.1) is 12.7 Å². The number of rotatable bonds is 3. The van der Waals surface area contributed by atoms with Crippen LogP contribution in [0.3, 0.4) is 0 Å². The highest BCUT2D eigenvalue weighted by molar-refractivity contribution is 5.64. The second-order valence-electron chi connectivity index (χ2n) is 5.32. The SMILES string of the molecule is C=C(Cn1ncc(C)c(C)c1=O)c1ccc(C)c(C)c1. The smallest absolute Gasteiger partial charge is 0.267 e. The minimum absolute atomic E-state index is 0.0463. The van der Waals surface area contributed by atoms with Crippen molar-refractivity contribution in [3.05, 3.63) is 69.1 Å². The lowest BCUT2D eigenvalue weighted by Gasteiger charge is -2.11. The zero-order valence-corrected chi connectivity index (χ0v) is 12.5. The normalized spacial score (nSPS) is 10.6. The van der Waals surface area contributed by atoms with Crippen LogP contribution in [-0.2, 0) is 6.54 Å². The molecule has 0 atom stereocenters. The minimum atomic E-state index is -0.0463. The van der Waals surface area contributed by atoms with Crippen molar-refractivity contribution in [2.45, 2.75) is 34.2 Å². The first-order chi connectivity index (χ1) is 9.40. The quantitative estimate of drug-likeness (QED) is 0.857. The van der Waals surface area contributed by atoms with Crippen LogP contribution in [0.1, 0.15) is 27.8 Å². The first-order valence-electron chi connectivity index (χ1n) is 6.69. The molecule has 0 unspecified atom stereocenters. The lowest BCUT2D eigenvalue weighted by atomic mass is 10.0. The van der Waals surface area contributed by atoms with Crippen molar-refractivity contribution in [2.24, 2.45) is 0 Å². The summed E-state index contributed by atoms with van der Waals surface area (Å²) in [5.74, 6) is 0. The maximum atomic E-state index is 12.1. The van der Waals surface area contributed by atoms with Crippen LogP contribution in [-0.4, -0.2) is 9.78 Å². The van der Waals surface area contributed by atoms with Crippen LogP contribution in [0.4, 0.5) is 0 Å². The molecule has 0 bridgehead atoms. The van der Waals surface area contributed by atoms with Crippen molar-refractivity contribution < 1.29 is 0 Å². The third-order valence-electron chi connectivity index (χ3n) is 3.79. The van der Waals surface area contributed by atoms with E-state index in [4.69, 9.17) is 0 Å². The molecule has 2 rings (SSSR count). The molecule has 0 amide bonds. The van der Waals surface area contributed by atoms with Crippen molar-refractivity contribution in [1.29, 1.82) is 0 Å². The number of benzene rings is 1. The van der Waals surface area contributed by atoms with E-state index in [0.717, 1.165) is 22.3 Å². The van der Waals surface area contributed by atoms with Gasteiger partial charge in [0, 0.05) is 5.56 Å². The number of aryl methyl sites for hydroxylation is 3. The zero-order chi connectivity index (χ0) is 14.9. The molecule has 0 saturated carbocycles. The minimum Gasteiger partial charge on any atom is -0.267 e. The predicted octanol–water partition coefficient (Wildman–Crippen LogP) is 3.19. The van der Waals surface area contributed by atoms with E-state index in [1.165, 1.54) is 15.8 Å². The van der Waals surface area contributed by atoms with E-state index >= 15 is 0 Å². The third-order valence-corrected chi connectivity index (χ3v) is 3.79. The summed E-state index contributed by atoms with van der Waals surface area (Å²) in [4.78, 5) is 12.1. The molecule has 0 fully saturated rings. The van der Waals surface area contributed by atoms with Gasteiger partial charge in [-0.25, -0.2) is 4.68 Å². The maximum absolute atomic E-state index is 12.1. The molecule has 1 aromatic carbocycles. The lowest BCUT2D eigenvalue weighted by molar-refractivity contribution is 0.651. The Bertz CT molecular complexity index is 726. The molecule has 3 nitrogen and oxygen atoms in total. The first kappa shape index (κ1) is 14.3. The highest BCUT2D eigenvalue weighted by Gasteiger charge is 2.07. The molecule has 0 spiro atoms. The van der Waals surface area contributed by atoms with Crippen LogP contribution in [0.5, 0.6) is 0 Å². The van der Waals surface area contributed by atoms with E-state index in [9.17, 15) is 4.79 Å². The first-order valence-corrected chi connectivity index (χ1v) is 6.69. The Balaban J connectivity index is 2.30. The van der Waals surface area contributed by atoms with Crippen molar-refractivity contribution in [1.82, 2.24) is 9.78 Å². The van der Waals surface area contributed by atoms with Crippen LogP contribution in [0.15, 0.2) is 35.8 Å². The molecule has 0 saturated heterocycles. The van der Waals surface area contributed by atoms with Gasteiger partial charge in [0.15, 0.2) is 0 Å². The van der Waals surface area contributed by atoms with Crippen molar-refractivity contribution in [3.8, 4) is 0 Å². The monoisotopic (exact) mass is 268 g/mol. The molecule has 20 heavy (non-hydrogen) atoms. The van der Waals surface area contributed by atoms with E-state index in [2.05, 4.69) is 37.7 Å². The molecule has 1 heterocycles. The third kappa shape index (κ3) is 2.72. The molecule has 1 aromatic heterocycles. The average Bonchev–Trinajstić information content (AvgIpc) is 2.42. The van der Waals surface area contributed by atoms with Gasteiger partial charge < -0.3 is 0 Å². The summed E-state index contributed by atoms with van der Waals surface area (Å²) in [7, 11) is 0. The molecule has 2 aromatic rings. The van der Waals surface area contributed by atoms with Crippen molar-refractivity contribution in [3.63, 3.8) is 0 Å². The molecule has 0 N–H and O–H groups in total. The number of nitrogens with zero attached hydrogens (tertiary/aromatic N) is 2. The van der Waals surface area contributed by atoms with Crippen LogP contribution in [0.2, 0.25) is 0 Å². The van der Waals surface area contributed by atoms with Gasteiger partial charge in [-0.2, -0.15) is 5.10 Å².